The van der Waals surface area contributed by atoms with Crippen molar-refractivity contribution in [1.29, 1.82) is 0 Å². The van der Waals surface area contributed by atoms with Crippen LogP contribution in [0.4, 0.5) is 5.69 Å². The molecular weight excluding hydrogens is 376 g/mol. The number of halogens is 1. The predicted molar refractivity (Wildman–Crippen MR) is 102 cm³/mol. The lowest BCUT2D eigenvalue weighted by molar-refractivity contribution is -0.122. The Bertz CT molecular complexity index is 867. The molecule has 0 unspecified atom stereocenters. The van der Waals surface area contributed by atoms with Gasteiger partial charge in [-0.3, -0.25) is 4.79 Å². The number of hydrogen-bond donors (Lipinski definition) is 2. The summed E-state index contributed by atoms with van der Waals surface area (Å²) in [4.78, 5) is 12.4. The van der Waals surface area contributed by atoms with Crippen LogP contribution in [-0.2, 0) is 14.8 Å². The van der Waals surface area contributed by atoms with Crippen molar-refractivity contribution >= 4 is 33.2 Å². The van der Waals surface area contributed by atoms with Crippen molar-refractivity contribution in [2.24, 2.45) is 0 Å². The second kappa shape index (κ2) is 8.53. The highest BCUT2D eigenvalue weighted by molar-refractivity contribution is 7.89. The van der Waals surface area contributed by atoms with Gasteiger partial charge in [-0.25, -0.2) is 13.1 Å². The summed E-state index contributed by atoms with van der Waals surface area (Å²) in [6, 6.07) is 12.5. The number of ether oxygens (including phenoxy) is 1. The first-order valence-electron chi connectivity index (χ1n) is 8.03. The van der Waals surface area contributed by atoms with Crippen molar-refractivity contribution in [3.8, 4) is 5.75 Å². The third kappa shape index (κ3) is 5.72. The van der Waals surface area contributed by atoms with E-state index in [2.05, 4.69) is 10.0 Å². The van der Waals surface area contributed by atoms with Crippen LogP contribution in [-0.4, -0.2) is 26.5 Å². The number of sulfonamides is 1. The van der Waals surface area contributed by atoms with E-state index in [0.29, 0.717) is 16.5 Å². The fourth-order valence-electron chi connectivity index (χ4n) is 2.14. The zero-order valence-electron chi connectivity index (χ0n) is 14.7. The Morgan fingerprint density at radius 3 is 2.31 bits per heavy atom. The van der Waals surface area contributed by atoms with Crippen molar-refractivity contribution in [2.45, 2.75) is 37.8 Å². The summed E-state index contributed by atoms with van der Waals surface area (Å²) in [5.74, 6) is 0.127. The van der Waals surface area contributed by atoms with Crippen LogP contribution in [0.1, 0.15) is 20.8 Å². The van der Waals surface area contributed by atoms with E-state index in [9.17, 15) is 13.2 Å². The minimum absolute atomic E-state index is 0.132. The summed E-state index contributed by atoms with van der Waals surface area (Å²) < 4.78 is 32.2. The maximum atomic E-state index is 12.2. The van der Waals surface area contributed by atoms with Gasteiger partial charge in [0.1, 0.15) is 5.75 Å². The molecule has 6 nitrogen and oxygen atoms in total. The van der Waals surface area contributed by atoms with Crippen molar-refractivity contribution in [3.63, 3.8) is 0 Å². The van der Waals surface area contributed by atoms with Gasteiger partial charge in [0, 0.05) is 16.8 Å². The normalized spacial score (nSPS) is 12.7. The summed E-state index contributed by atoms with van der Waals surface area (Å²) in [5, 5.41) is 3.20. The van der Waals surface area contributed by atoms with Crippen LogP contribution >= 0.6 is 11.6 Å². The molecule has 0 aliphatic heterocycles. The first-order chi connectivity index (χ1) is 12.2. The maximum absolute atomic E-state index is 12.2. The van der Waals surface area contributed by atoms with Crippen LogP contribution in [0, 0.1) is 0 Å². The molecule has 26 heavy (non-hydrogen) atoms. The Hall–Kier alpha value is -2.09. The number of carbonyl (C=O) groups excluding carboxylic acids is 1. The van der Waals surface area contributed by atoms with Gasteiger partial charge in [0.05, 0.1) is 4.90 Å². The van der Waals surface area contributed by atoms with Crippen LogP contribution < -0.4 is 14.8 Å². The van der Waals surface area contributed by atoms with Crippen LogP contribution in [0.2, 0.25) is 5.02 Å². The largest absolute Gasteiger partial charge is 0.481 e. The maximum Gasteiger partial charge on any atom is 0.265 e. The quantitative estimate of drug-likeness (QED) is 0.750. The van der Waals surface area contributed by atoms with Gasteiger partial charge in [0.15, 0.2) is 6.10 Å². The number of rotatable bonds is 7. The molecule has 0 aromatic heterocycles. The van der Waals surface area contributed by atoms with Gasteiger partial charge >= 0.3 is 0 Å². The number of anilines is 1. The SMILES string of the molecule is CC(C)NS(=O)(=O)c1ccc(NC(=O)[C@H](C)Oc2cccc(Cl)c2)cc1. The molecule has 0 fully saturated rings. The highest BCUT2D eigenvalue weighted by Gasteiger charge is 2.17. The lowest BCUT2D eigenvalue weighted by Crippen LogP contribution is -2.31. The van der Waals surface area contributed by atoms with E-state index < -0.39 is 16.1 Å². The van der Waals surface area contributed by atoms with Gasteiger partial charge in [-0.15, -0.1) is 0 Å². The lowest BCUT2D eigenvalue weighted by atomic mass is 10.3. The van der Waals surface area contributed by atoms with Crippen LogP contribution in [0.15, 0.2) is 53.4 Å². The van der Waals surface area contributed by atoms with E-state index in [4.69, 9.17) is 16.3 Å². The van der Waals surface area contributed by atoms with Gasteiger partial charge in [0.25, 0.3) is 5.91 Å². The van der Waals surface area contributed by atoms with E-state index in [1.165, 1.54) is 24.3 Å². The predicted octanol–water partition coefficient (Wildman–Crippen LogP) is 3.43. The molecule has 0 saturated heterocycles. The molecule has 0 heterocycles. The summed E-state index contributed by atoms with van der Waals surface area (Å²) in [7, 11) is -3.57. The van der Waals surface area contributed by atoms with Gasteiger partial charge in [-0.2, -0.15) is 0 Å². The molecule has 0 radical (unpaired) electrons. The molecule has 0 aliphatic rings. The molecule has 1 atom stereocenters. The summed E-state index contributed by atoms with van der Waals surface area (Å²) in [6.07, 6.45) is -0.750. The Kier molecular flexibility index (Phi) is 6.63. The third-order valence-corrected chi connectivity index (χ3v) is 5.21. The fraction of sp³-hybridized carbons (Fsp3) is 0.278. The fourth-order valence-corrected chi connectivity index (χ4v) is 3.57. The zero-order valence-corrected chi connectivity index (χ0v) is 16.3. The van der Waals surface area contributed by atoms with E-state index >= 15 is 0 Å². The molecule has 2 N–H and O–H groups in total. The van der Waals surface area contributed by atoms with E-state index in [1.807, 2.05) is 0 Å². The molecular formula is C18H21ClN2O4S. The number of amides is 1. The van der Waals surface area contributed by atoms with E-state index in [1.54, 1.807) is 45.0 Å². The van der Waals surface area contributed by atoms with Crippen LogP contribution in [0.3, 0.4) is 0 Å². The van der Waals surface area contributed by atoms with Crippen LogP contribution in [0.25, 0.3) is 0 Å². The highest BCUT2D eigenvalue weighted by atomic mass is 35.5. The Labute approximate surface area is 158 Å². The highest BCUT2D eigenvalue weighted by Crippen LogP contribution is 2.19. The third-order valence-electron chi connectivity index (χ3n) is 3.30. The van der Waals surface area contributed by atoms with E-state index in [0.717, 1.165) is 0 Å². The standard InChI is InChI=1S/C18H21ClN2O4S/c1-12(2)21-26(23,24)17-9-7-15(8-10-17)20-18(22)13(3)25-16-6-4-5-14(19)11-16/h4-13,21H,1-3H3,(H,20,22)/t13-/m0/s1. The molecule has 2 rings (SSSR count). The molecule has 0 aliphatic carbocycles. The minimum atomic E-state index is -3.57. The molecule has 0 bridgehead atoms. The Morgan fingerprint density at radius 2 is 1.73 bits per heavy atom. The average molecular weight is 397 g/mol. The molecule has 1 amide bonds. The molecule has 2 aromatic rings. The smallest absolute Gasteiger partial charge is 0.265 e. The molecule has 140 valence electrons. The van der Waals surface area contributed by atoms with Gasteiger partial charge in [-0.05, 0) is 63.2 Å². The number of benzene rings is 2. The van der Waals surface area contributed by atoms with Crippen LogP contribution in [0.5, 0.6) is 5.75 Å². The van der Waals surface area contributed by atoms with E-state index in [-0.39, 0.29) is 16.8 Å². The summed E-state index contributed by atoms with van der Waals surface area (Å²) in [6.45, 7) is 5.10. The molecule has 0 saturated carbocycles. The first kappa shape index (κ1) is 20.2. The van der Waals surface area contributed by atoms with Gasteiger partial charge < -0.3 is 10.1 Å². The summed E-state index contributed by atoms with van der Waals surface area (Å²) in [5.41, 5.74) is 0.472. The number of nitrogens with one attached hydrogen (secondary N) is 2. The number of hydrogen-bond acceptors (Lipinski definition) is 4. The van der Waals surface area contributed by atoms with Crippen molar-refractivity contribution in [1.82, 2.24) is 4.72 Å². The van der Waals surface area contributed by atoms with Gasteiger partial charge in [-0.1, -0.05) is 17.7 Å². The van der Waals surface area contributed by atoms with Crippen molar-refractivity contribution in [2.75, 3.05) is 5.32 Å². The Morgan fingerprint density at radius 1 is 1.08 bits per heavy atom. The summed E-state index contributed by atoms with van der Waals surface area (Å²) >= 11 is 5.89. The molecule has 8 heteroatoms. The second-order valence-electron chi connectivity index (χ2n) is 6.01. The molecule has 2 aromatic carbocycles. The van der Waals surface area contributed by atoms with Crippen molar-refractivity contribution < 1.29 is 17.9 Å². The average Bonchev–Trinajstić information content (AvgIpc) is 2.54. The lowest BCUT2D eigenvalue weighted by Gasteiger charge is -2.15. The second-order valence-corrected chi connectivity index (χ2v) is 8.16. The van der Waals surface area contributed by atoms with Crippen molar-refractivity contribution in [3.05, 3.63) is 53.6 Å². The van der Waals surface area contributed by atoms with Gasteiger partial charge in [0.2, 0.25) is 10.0 Å². The molecule has 0 spiro atoms. The topological polar surface area (TPSA) is 84.5 Å². The Balaban J connectivity index is 2.00. The number of carbonyl (C=O) groups is 1. The minimum Gasteiger partial charge on any atom is -0.481 e. The zero-order chi connectivity index (χ0) is 19.3. The monoisotopic (exact) mass is 396 g/mol. The first-order valence-corrected chi connectivity index (χ1v) is 9.89.